The number of rotatable bonds is 4. The van der Waals surface area contributed by atoms with Crippen molar-refractivity contribution >= 4 is 16.5 Å². The lowest BCUT2D eigenvalue weighted by Crippen LogP contribution is -2.39. The van der Waals surface area contributed by atoms with Crippen molar-refractivity contribution in [2.45, 2.75) is 13.5 Å². The number of benzene rings is 1. The topological polar surface area (TPSA) is 32.3 Å². The molecule has 1 fully saturated rings. The van der Waals surface area contributed by atoms with Crippen LogP contribution < -0.4 is 10.2 Å². The van der Waals surface area contributed by atoms with E-state index in [0.717, 1.165) is 12.1 Å². The summed E-state index contributed by atoms with van der Waals surface area (Å²) in [6, 6.07) is 5.19. The zero-order valence-electron chi connectivity index (χ0n) is 10.6. The Morgan fingerprint density at radius 2 is 2.11 bits per heavy atom. The molecular formula is C13H19FN2OS. The Kier molecular flexibility index (Phi) is 4.72. The molecule has 1 N–H and O–H groups in total. The molecule has 100 valence electrons. The van der Waals surface area contributed by atoms with E-state index in [-0.39, 0.29) is 5.82 Å². The van der Waals surface area contributed by atoms with E-state index in [1.807, 2.05) is 17.9 Å². The fourth-order valence-corrected chi connectivity index (χ4v) is 3.23. The molecule has 1 aliphatic rings. The van der Waals surface area contributed by atoms with E-state index in [4.69, 9.17) is 0 Å². The van der Waals surface area contributed by atoms with E-state index < -0.39 is 10.8 Å². The van der Waals surface area contributed by atoms with Crippen molar-refractivity contribution in [3.05, 3.63) is 29.6 Å². The van der Waals surface area contributed by atoms with Gasteiger partial charge in [-0.15, -0.1) is 0 Å². The zero-order valence-corrected chi connectivity index (χ0v) is 11.4. The van der Waals surface area contributed by atoms with Crippen LogP contribution in [0.15, 0.2) is 18.2 Å². The van der Waals surface area contributed by atoms with Crippen molar-refractivity contribution in [1.29, 1.82) is 0 Å². The van der Waals surface area contributed by atoms with E-state index in [2.05, 4.69) is 5.32 Å². The molecule has 1 aliphatic heterocycles. The molecular weight excluding hydrogens is 251 g/mol. The van der Waals surface area contributed by atoms with E-state index >= 15 is 0 Å². The third-order valence-corrected chi connectivity index (χ3v) is 4.41. The summed E-state index contributed by atoms with van der Waals surface area (Å²) < 4.78 is 25.4. The van der Waals surface area contributed by atoms with Gasteiger partial charge in [-0.05, 0) is 18.2 Å². The highest BCUT2D eigenvalue weighted by Gasteiger charge is 2.20. The molecule has 0 spiro atoms. The predicted octanol–water partition coefficient (Wildman–Crippen LogP) is 1.50. The van der Waals surface area contributed by atoms with Gasteiger partial charge >= 0.3 is 0 Å². The zero-order chi connectivity index (χ0) is 13.0. The maximum atomic E-state index is 14.0. The number of nitrogens with zero attached hydrogens (tertiary/aromatic N) is 1. The molecule has 18 heavy (non-hydrogen) atoms. The summed E-state index contributed by atoms with van der Waals surface area (Å²) in [6.45, 7) is 4.91. The lowest BCUT2D eigenvalue weighted by molar-refractivity contribution is 0.610. The Bertz CT molecular complexity index is 429. The fraction of sp³-hybridized carbons (Fsp3) is 0.538. The molecule has 0 unspecified atom stereocenters. The normalized spacial score (nSPS) is 17.1. The summed E-state index contributed by atoms with van der Waals surface area (Å²) in [5, 5.41) is 3.23. The SMILES string of the molecule is CCNCc1cccc(F)c1N1CCS(=O)CC1. The van der Waals surface area contributed by atoms with Crippen LogP contribution in [-0.2, 0) is 17.3 Å². The Hall–Kier alpha value is -0.940. The maximum Gasteiger partial charge on any atom is 0.146 e. The van der Waals surface area contributed by atoms with Crippen molar-refractivity contribution in [2.75, 3.05) is 36.0 Å². The smallest absolute Gasteiger partial charge is 0.146 e. The van der Waals surface area contributed by atoms with Gasteiger partial charge in [0.05, 0.1) is 5.69 Å². The number of halogens is 1. The quantitative estimate of drug-likeness (QED) is 0.900. The van der Waals surface area contributed by atoms with Gasteiger partial charge in [-0.2, -0.15) is 0 Å². The maximum absolute atomic E-state index is 14.0. The molecule has 0 aromatic heterocycles. The highest BCUT2D eigenvalue weighted by atomic mass is 32.2. The van der Waals surface area contributed by atoms with Gasteiger partial charge in [0.15, 0.2) is 0 Å². The van der Waals surface area contributed by atoms with Crippen LogP contribution in [0.2, 0.25) is 0 Å². The molecule has 2 rings (SSSR count). The lowest BCUT2D eigenvalue weighted by atomic mass is 10.1. The molecule has 0 atom stereocenters. The van der Waals surface area contributed by atoms with E-state index in [0.29, 0.717) is 36.8 Å². The molecule has 1 saturated heterocycles. The number of anilines is 1. The summed E-state index contributed by atoms with van der Waals surface area (Å²) in [5.74, 6) is 1.09. The van der Waals surface area contributed by atoms with Crippen LogP contribution in [0, 0.1) is 5.82 Å². The second-order valence-electron chi connectivity index (χ2n) is 4.36. The molecule has 0 bridgehead atoms. The summed E-state index contributed by atoms with van der Waals surface area (Å²) in [7, 11) is -0.733. The van der Waals surface area contributed by atoms with E-state index in [1.165, 1.54) is 6.07 Å². The van der Waals surface area contributed by atoms with Crippen LogP contribution in [0.1, 0.15) is 12.5 Å². The Balaban J connectivity index is 2.21. The monoisotopic (exact) mass is 270 g/mol. The third-order valence-electron chi connectivity index (χ3n) is 3.13. The Labute approximate surface area is 110 Å². The minimum Gasteiger partial charge on any atom is -0.367 e. The average molecular weight is 270 g/mol. The number of hydrogen-bond donors (Lipinski definition) is 1. The largest absolute Gasteiger partial charge is 0.367 e. The second-order valence-corrected chi connectivity index (χ2v) is 6.06. The standard InChI is InChI=1S/C13H19FN2OS/c1-2-15-10-11-4-3-5-12(14)13(11)16-6-8-18(17)9-7-16/h3-5,15H,2,6-10H2,1H3. The summed E-state index contributed by atoms with van der Waals surface area (Å²) in [6.07, 6.45) is 0. The fourth-order valence-electron chi connectivity index (χ4n) is 2.18. The van der Waals surface area contributed by atoms with Crippen LogP contribution in [0.3, 0.4) is 0 Å². The molecule has 1 aromatic carbocycles. The molecule has 0 aliphatic carbocycles. The van der Waals surface area contributed by atoms with Gasteiger partial charge in [0, 0.05) is 41.9 Å². The van der Waals surface area contributed by atoms with Crippen LogP contribution >= 0.6 is 0 Å². The summed E-state index contributed by atoms with van der Waals surface area (Å²) >= 11 is 0. The van der Waals surface area contributed by atoms with Crippen LogP contribution in [0.4, 0.5) is 10.1 Å². The molecule has 0 radical (unpaired) electrons. The van der Waals surface area contributed by atoms with Crippen molar-refractivity contribution in [3.63, 3.8) is 0 Å². The van der Waals surface area contributed by atoms with Crippen LogP contribution in [0.5, 0.6) is 0 Å². The van der Waals surface area contributed by atoms with E-state index in [1.54, 1.807) is 6.07 Å². The summed E-state index contributed by atoms with van der Waals surface area (Å²) in [5.41, 5.74) is 1.65. The highest BCUT2D eigenvalue weighted by molar-refractivity contribution is 7.85. The highest BCUT2D eigenvalue weighted by Crippen LogP contribution is 2.25. The van der Waals surface area contributed by atoms with E-state index in [9.17, 15) is 8.60 Å². The van der Waals surface area contributed by atoms with Crippen molar-refractivity contribution in [2.24, 2.45) is 0 Å². The van der Waals surface area contributed by atoms with Gasteiger partial charge in [0.25, 0.3) is 0 Å². The predicted molar refractivity (Wildman–Crippen MR) is 73.9 cm³/mol. The van der Waals surface area contributed by atoms with Gasteiger partial charge < -0.3 is 10.2 Å². The first-order chi connectivity index (χ1) is 8.72. The Morgan fingerprint density at radius 3 is 2.78 bits per heavy atom. The molecule has 5 heteroatoms. The first-order valence-electron chi connectivity index (χ1n) is 6.30. The van der Waals surface area contributed by atoms with Gasteiger partial charge in [-0.25, -0.2) is 4.39 Å². The van der Waals surface area contributed by atoms with Crippen molar-refractivity contribution < 1.29 is 8.60 Å². The van der Waals surface area contributed by atoms with Crippen LogP contribution in [0.25, 0.3) is 0 Å². The number of para-hydroxylation sites is 1. The molecule has 1 heterocycles. The molecule has 3 nitrogen and oxygen atoms in total. The van der Waals surface area contributed by atoms with Crippen molar-refractivity contribution in [3.8, 4) is 0 Å². The number of hydrogen-bond acceptors (Lipinski definition) is 3. The Morgan fingerprint density at radius 1 is 1.39 bits per heavy atom. The molecule has 0 saturated carbocycles. The van der Waals surface area contributed by atoms with Gasteiger partial charge in [0.2, 0.25) is 0 Å². The number of nitrogens with one attached hydrogen (secondary N) is 1. The molecule has 1 aromatic rings. The van der Waals surface area contributed by atoms with Gasteiger partial charge in [-0.3, -0.25) is 4.21 Å². The van der Waals surface area contributed by atoms with Crippen molar-refractivity contribution in [1.82, 2.24) is 5.32 Å². The van der Waals surface area contributed by atoms with Crippen LogP contribution in [-0.4, -0.2) is 35.3 Å². The molecule has 0 amide bonds. The summed E-state index contributed by atoms with van der Waals surface area (Å²) in [4.78, 5) is 2.02. The third kappa shape index (κ3) is 3.09. The first kappa shape index (κ1) is 13.5. The second kappa shape index (κ2) is 6.29. The average Bonchev–Trinajstić information content (AvgIpc) is 2.38. The van der Waals surface area contributed by atoms with Gasteiger partial charge in [0.1, 0.15) is 5.82 Å². The lowest BCUT2D eigenvalue weighted by Gasteiger charge is -2.30. The first-order valence-corrected chi connectivity index (χ1v) is 7.79. The van der Waals surface area contributed by atoms with Gasteiger partial charge in [-0.1, -0.05) is 19.1 Å². The minimum absolute atomic E-state index is 0.182. The minimum atomic E-state index is -0.733.